The van der Waals surface area contributed by atoms with Gasteiger partial charge in [-0.25, -0.2) is 0 Å². The molecule has 5 rings (SSSR count). The van der Waals surface area contributed by atoms with Gasteiger partial charge in [-0.05, 0) is 90.8 Å². The molecule has 0 atom stereocenters. The molecular formula is C35H42N4O4. The Labute approximate surface area is 254 Å². The average molecular weight is 583 g/mol. The fraction of sp³-hybridized carbons (Fsp3) is 0.400. The number of carbonyl (C=O) groups excluding carboxylic acids is 2. The highest BCUT2D eigenvalue weighted by Crippen LogP contribution is 2.28. The van der Waals surface area contributed by atoms with Crippen molar-refractivity contribution in [3.8, 4) is 11.5 Å². The van der Waals surface area contributed by atoms with Gasteiger partial charge in [0.05, 0.1) is 12.1 Å². The number of fused-ring (bicyclic) bond motifs is 1. The summed E-state index contributed by atoms with van der Waals surface area (Å²) in [6.07, 6.45) is 3.87. The first-order valence-electron chi connectivity index (χ1n) is 15.0. The molecule has 0 unspecified atom stereocenters. The van der Waals surface area contributed by atoms with Crippen LogP contribution in [0.2, 0.25) is 0 Å². The van der Waals surface area contributed by atoms with Gasteiger partial charge in [0.25, 0.3) is 11.8 Å². The number of likely N-dealkylation sites (tertiary alicyclic amines) is 1. The van der Waals surface area contributed by atoms with Gasteiger partial charge in [0, 0.05) is 56.0 Å². The van der Waals surface area contributed by atoms with Crippen LogP contribution in [0.3, 0.4) is 0 Å². The molecule has 43 heavy (non-hydrogen) atoms. The van der Waals surface area contributed by atoms with Crippen molar-refractivity contribution in [3.63, 3.8) is 0 Å². The van der Waals surface area contributed by atoms with E-state index in [4.69, 9.17) is 14.6 Å². The molecule has 2 heterocycles. The molecule has 3 aromatic carbocycles. The number of aromatic nitrogens is 2. The molecular weight excluding hydrogens is 540 g/mol. The molecule has 0 bridgehead atoms. The Morgan fingerprint density at radius 2 is 1.60 bits per heavy atom. The Balaban J connectivity index is 1.14. The number of aryl methyl sites for hydroxylation is 1. The van der Waals surface area contributed by atoms with Crippen LogP contribution in [0.1, 0.15) is 65.5 Å². The molecule has 1 fully saturated rings. The van der Waals surface area contributed by atoms with Crippen LogP contribution in [-0.4, -0.2) is 59.8 Å². The van der Waals surface area contributed by atoms with E-state index in [1.54, 1.807) is 7.11 Å². The molecule has 1 saturated heterocycles. The van der Waals surface area contributed by atoms with Crippen molar-refractivity contribution in [2.45, 2.75) is 52.5 Å². The Morgan fingerprint density at radius 1 is 0.953 bits per heavy atom. The van der Waals surface area contributed by atoms with Crippen LogP contribution in [0.4, 0.5) is 0 Å². The summed E-state index contributed by atoms with van der Waals surface area (Å²) >= 11 is 0. The molecule has 0 radical (unpaired) electrons. The Kier molecular flexibility index (Phi) is 9.16. The molecule has 4 aromatic rings. The van der Waals surface area contributed by atoms with Crippen molar-refractivity contribution in [2.75, 3.05) is 33.4 Å². The number of rotatable bonds is 9. The summed E-state index contributed by atoms with van der Waals surface area (Å²) in [5.74, 6) is 1.86. The summed E-state index contributed by atoms with van der Waals surface area (Å²) in [5, 5.41) is 8.65. The Bertz CT molecular complexity index is 1560. The van der Waals surface area contributed by atoms with E-state index < -0.39 is 0 Å². The van der Waals surface area contributed by atoms with Crippen LogP contribution in [0, 0.1) is 12.8 Å². The van der Waals surface area contributed by atoms with E-state index in [9.17, 15) is 9.59 Å². The molecule has 0 spiro atoms. The minimum atomic E-state index is -0.102. The van der Waals surface area contributed by atoms with Gasteiger partial charge in [0.15, 0.2) is 0 Å². The lowest BCUT2D eigenvalue weighted by molar-refractivity contribution is 0.0681. The largest absolute Gasteiger partial charge is 0.457 e. The maximum absolute atomic E-state index is 13.2. The third kappa shape index (κ3) is 7.25. The van der Waals surface area contributed by atoms with Crippen molar-refractivity contribution in [3.05, 3.63) is 89.1 Å². The molecule has 1 aliphatic rings. The van der Waals surface area contributed by atoms with E-state index >= 15 is 0 Å². The van der Waals surface area contributed by atoms with E-state index in [-0.39, 0.29) is 17.2 Å². The highest BCUT2D eigenvalue weighted by molar-refractivity contribution is 6.00. The van der Waals surface area contributed by atoms with Gasteiger partial charge in [0.2, 0.25) is 0 Å². The van der Waals surface area contributed by atoms with Crippen LogP contribution in [0.25, 0.3) is 10.9 Å². The van der Waals surface area contributed by atoms with Gasteiger partial charge in [-0.1, -0.05) is 32.9 Å². The molecule has 2 amide bonds. The van der Waals surface area contributed by atoms with Gasteiger partial charge in [-0.2, -0.15) is 5.10 Å². The number of ether oxygens (including phenoxy) is 2. The van der Waals surface area contributed by atoms with Crippen molar-refractivity contribution in [2.24, 2.45) is 5.92 Å². The Morgan fingerprint density at radius 3 is 2.23 bits per heavy atom. The van der Waals surface area contributed by atoms with Crippen LogP contribution in [-0.2, 0) is 16.7 Å². The fourth-order valence-electron chi connectivity index (χ4n) is 5.57. The molecule has 8 heteroatoms. The second kappa shape index (κ2) is 13.0. The van der Waals surface area contributed by atoms with Crippen molar-refractivity contribution in [1.82, 2.24) is 20.0 Å². The summed E-state index contributed by atoms with van der Waals surface area (Å²) in [7, 11) is 1.61. The summed E-state index contributed by atoms with van der Waals surface area (Å²) in [6, 6.07) is 19.3. The highest BCUT2D eigenvalue weighted by Gasteiger charge is 2.25. The van der Waals surface area contributed by atoms with E-state index in [1.165, 1.54) is 5.56 Å². The highest BCUT2D eigenvalue weighted by atomic mass is 16.5. The zero-order valence-electron chi connectivity index (χ0n) is 25.9. The summed E-state index contributed by atoms with van der Waals surface area (Å²) < 4.78 is 13.0. The lowest BCUT2D eigenvalue weighted by Gasteiger charge is -2.32. The summed E-state index contributed by atoms with van der Waals surface area (Å²) in [4.78, 5) is 27.8. The number of benzene rings is 3. The van der Waals surface area contributed by atoms with E-state index in [0.717, 1.165) is 41.6 Å². The number of piperidine rings is 1. The van der Waals surface area contributed by atoms with Crippen LogP contribution >= 0.6 is 0 Å². The quantitative estimate of drug-likeness (QED) is 0.232. The van der Waals surface area contributed by atoms with E-state index in [2.05, 4.69) is 38.2 Å². The van der Waals surface area contributed by atoms with Gasteiger partial charge < -0.3 is 19.7 Å². The van der Waals surface area contributed by atoms with Crippen molar-refractivity contribution in [1.29, 1.82) is 0 Å². The predicted molar refractivity (Wildman–Crippen MR) is 169 cm³/mol. The summed E-state index contributed by atoms with van der Waals surface area (Å²) in [5.41, 5.74) is 4.49. The zero-order valence-corrected chi connectivity index (χ0v) is 25.9. The first-order valence-corrected chi connectivity index (χ1v) is 15.0. The number of nitrogens with one attached hydrogen (secondary N) is 1. The van der Waals surface area contributed by atoms with Gasteiger partial charge in [-0.15, -0.1) is 0 Å². The maximum Gasteiger partial charge on any atom is 0.253 e. The average Bonchev–Trinajstić information content (AvgIpc) is 3.41. The minimum absolute atomic E-state index is 0.0521. The minimum Gasteiger partial charge on any atom is -0.457 e. The SMILES string of the molecule is COCCNC(=O)c1ccc2nn(CC3CCN(C(=O)c4ccc(Oc5ccc(C(C)(C)C)cc5)cc4)CC3)cc2c1C. The van der Waals surface area contributed by atoms with Crippen LogP contribution in [0.5, 0.6) is 11.5 Å². The first-order chi connectivity index (χ1) is 20.6. The molecule has 1 aromatic heterocycles. The second-order valence-electron chi connectivity index (χ2n) is 12.4. The number of amides is 2. The number of nitrogens with zero attached hydrogens (tertiary/aromatic N) is 3. The molecule has 1 aliphatic heterocycles. The first kappa shape index (κ1) is 30.3. The monoisotopic (exact) mass is 582 g/mol. The smallest absolute Gasteiger partial charge is 0.253 e. The van der Waals surface area contributed by atoms with E-state index in [1.807, 2.05) is 71.2 Å². The number of carbonyl (C=O) groups is 2. The number of hydrogen-bond donors (Lipinski definition) is 1. The number of methoxy groups -OCH3 is 1. The zero-order chi connectivity index (χ0) is 30.6. The van der Waals surface area contributed by atoms with Crippen LogP contribution in [0.15, 0.2) is 66.9 Å². The molecule has 226 valence electrons. The Hall–Kier alpha value is -4.17. The topological polar surface area (TPSA) is 85.7 Å². The molecule has 1 N–H and O–H groups in total. The fourth-order valence-corrected chi connectivity index (χ4v) is 5.57. The predicted octanol–water partition coefficient (Wildman–Crippen LogP) is 6.36. The third-order valence-corrected chi connectivity index (χ3v) is 8.25. The maximum atomic E-state index is 13.2. The van der Waals surface area contributed by atoms with Gasteiger partial charge in [0.1, 0.15) is 11.5 Å². The van der Waals surface area contributed by atoms with Crippen molar-refractivity contribution < 1.29 is 19.1 Å². The van der Waals surface area contributed by atoms with E-state index in [0.29, 0.717) is 49.0 Å². The third-order valence-electron chi connectivity index (χ3n) is 8.25. The lowest BCUT2D eigenvalue weighted by atomic mass is 9.87. The van der Waals surface area contributed by atoms with Crippen molar-refractivity contribution >= 4 is 22.7 Å². The van der Waals surface area contributed by atoms with Gasteiger partial charge in [-0.3, -0.25) is 14.3 Å². The molecule has 0 aliphatic carbocycles. The standard InChI is InChI=1S/C35H42N4O4/c1-24-30(33(40)36-18-21-42-5)14-15-32-31(24)23-39(37-32)22-25-16-19-38(20-17-25)34(41)26-6-10-28(11-7-26)43-29-12-8-27(9-13-29)35(2,3)4/h6-15,23,25H,16-22H2,1-5H3,(H,36,40). The molecule has 0 saturated carbocycles. The summed E-state index contributed by atoms with van der Waals surface area (Å²) in [6.45, 7) is 11.7. The second-order valence-corrected chi connectivity index (χ2v) is 12.4. The lowest BCUT2D eigenvalue weighted by Crippen LogP contribution is -2.39. The molecule has 8 nitrogen and oxygen atoms in total. The van der Waals surface area contributed by atoms with Crippen LogP contribution < -0.4 is 10.1 Å². The normalized spacial score (nSPS) is 14.2. The number of hydrogen-bond acceptors (Lipinski definition) is 5. The van der Waals surface area contributed by atoms with Gasteiger partial charge >= 0.3 is 0 Å².